The number of nitrogens with zero attached hydrogens (tertiary/aromatic N) is 2. The van der Waals surface area contributed by atoms with Gasteiger partial charge in [-0.1, -0.05) is 0 Å². The maximum absolute atomic E-state index is 13.1. The zero-order valence-electron chi connectivity index (χ0n) is 9.96. The highest BCUT2D eigenvalue weighted by Crippen LogP contribution is 2.32. The maximum Gasteiger partial charge on any atom is 0.311 e. The molecular formula is C12H10FN3O3. The van der Waals surface area contributed by atoms with Gasteiger partial charge >= 0.3 is 5.69 Å². The quantitative estimate of drug-likeness (QED) is 0.677. The van der Waals surface area contributed by atoms with Crippen molar-refractivity contribution in [2.75, 3.05) is 12.4 Å². The lowest BCUT2D eigenvalue weighted by Crippen LogP contribution is -1.96. The van der Waals surface area contributed by atoms with Crippen molar-refractivity contribution in [1.29, 1.82) is 0 Å². The molecule has 1 heterocycles. The van der Waals surface area contributed by atoms with Gasteiger partial charge in [-0.2, -0.15) is 0 Å². The highest BCUT2D eigenvalue weighted by atomic mass is 19.1. The molecule has 98 valence electrons. The Morgan fingerprint density at radius 3 is 2.84 bits per heavy atom. The molecule has 0 spiro atoms. The van der Waals surface area contributed by atoms with Crippen LogP contribution in [0, 0.1) is 15.9 Å². The van der Waals surface area contributed by atoms with Crippen LogP contribution in [0.5, 0.6) is 11.5 Å². The van der Waals surface area contributed by atoms with E-state index in [4.69, 9.17) is 4.74 Å². The minimum absolute atomic E-state index is 0.154. The molecule has 1 aromatic carbocycles. The number of aromatic nitrogens is 1. The molecule has 0 fully saturated rings. The van der Waals surface area contributed by atoms with E-state index in [2.05, 4.69) is 10.3 Å². The molecule has 1 N–H and O–H groups in total. The lowest BCUT2D eigenvalue weighted by Gasteiger charge is -2.07. The summed E-state index contributed by atoms with van der Waals surface area (Å²) >= 11 is 0. The lowest BCUT2D eigenvalue weighted by molar-refractivity contribution is -0.385. The highest BCUT2D eigenvalue weighted by Gasteiger charge is 2.16. The Balaban J connectivity index is 2.36. The number of benzene rings is 1. The molecule has 0 aliphatic rings. The Morgan fingerprint density at radius 1 is 1.37 bits per heavy atom. The Bertz CT molecular complexity index is 619. The molecule has 0 amide bonds. The summed E-state index contributed by atoms with van der Waals surface area (Å²) < 4.78 is 18.5. The number of nitro groups is 1. The van der Waals surface area contributed by atoms with Gasteiger partial charge in [0.05, 0.1) is 4.92 Å². The topological polar surface area (TPSA) is 77.3 Å². The first-order valence-electron chi connectivity index (χ1n) is 5.36. The highest BCUT2D eigenvalue weighted by molar-refractivity contribution is 5.49. The molecule has 0 bridgehead atoms. The molecule has 7 heteroatoms. The van der Waals surface area contributed by atoms with Gasteiger partial charge in [-0.3, -0.25) is 10.1 Å². The second kappa shape index (κ2) is 5.30. The Labute approximate surface area is 108 Å². The fourth-order valence-electron chi connectivity index (χ4n) is 1.46. The first kappa shape index (κ1) is 12.7. The molecule has 2 aromatic rings. The van der Waals surface area contributed by atoms with Gasteiger partial charge in [0.2, 0.25) is 5.75 Å². The zero-order valence-corrected chi connectivity index (χ0v) is 9.96. The van der Waals surface area contributed by atoms with Gasteiger partial charge in [0.1, 0.15) is 17.4 Å². The van der Waals surface area contributed by atoms with Crippen molar-refractivity contribution in [3.8, 4) is 11.5 Å². The van der Waals surface area contributed by atoms with Gasteiger partial charge in [0, 0.05) is 31.4 Å². The van der Waals surface area contributed by atoms with Crippen molar-refractivity contribution in [3.05, 3.63) is 52.5 Å². The van der Waals surface area contributed by atoms with Crippen molar-refractivity contribution in [1.82, 2.24) is 4.98 Å². The fraction of sp³-hybridized carbons (Fsp3) is 0.0833. The van der Waals surface area contributed by atoms with Gasteiger partial charge in [0.25, 0.3) is 0 Å². The van der Waals surface area contributed by atoms with Crippen LogP contribution in [0.15, 0.2) is 36.5 Å². The van der Waals surface area contributed by atoms with E-state index in [9.17, 15) is 14.5 Å². The van der Waals surface area contributed by atoms with Crippen LogP contribution in [0.25, 0.3) is 0 Å². The van der Waals surface area contributed by atoms with Crippen LogP contribution in [-0.4, -0.2) is 17.0 Å². The zero-order chi connectivity index (χ0) is 13.8. The van der Waals surface area contributed by atoms with Crippen LogP contribution in [0.2, 0.25) is 0 Å². The summed E-state index contributed by atoms with van der Waals surface area (Å²) in [6, 6.07) is 6.11. The summed E-state index contributed by atoms with van der Waals surface area (Å²) in [5.74, 6) is 0.103. The first-order chi connectivity index (χ1) is 9.10. The largest absolute Gasteiger partial charge is 0.450 e. The molecule has 0 atom stereocenters. The molecule has 6 nitrogen and oxygen atoms in total. The molecule has 19 heavy (non-hydrogen) atoms. The van der Waals surface area contributed by atoms with Gasteiger partial charge < -0.3 is 10.1 Å². The molecule has 0 aliphatic heterocycles. The Morgan fingerprint density at radius 2 is 2.16 bits per heavy atom. The monoisotopic (exact) mass is 263 g/mol. The summed E-state index contributed by atoms with van der Waals surface area (Å²) in [4.78, 5) is 14.2. The van der Waals surface area contributed by atoms with Gasteiger partial charge in [-0.05, 0) is 12.1 Å². The second-order valence-corrected chi connectivity index (χ2v) is 3.60. The summed E-state index contributed by atoms with van der Waals surface area (Å²) in [5, 5.41) is 13.6. The van der Waals surface area contributed by atoms with Gasteiger partial charge in [-0.15, -0.1) is 0 Å². The van der Waals surface area contributed by atoms with Gasteiger partial charge in [-0.25, -0.2) is 9.37 Å². The third kappa shape index (κ3) is 2.95. The number of hydrogen-bond donors (Lipinski definition) is 1. The molecule has 0 saturated heterocycles. The number of halogens is 1. The number of anilines is 1. The predicted molar refractivity (Wildman–Crippen MR) is 66.9 cm³/mol. The van der Waals surface area contributed by atoms with Crippen LogP contribution in [-0.2, 0) is 0 Å². The van der Waals surface area contributed by atoms with Crippen molar-refractivity contribution >= 4 is 11.5 Å². The number of rotatable bonds is 4. The Hall–Kier alpha value is -2.70. The third-order valence-corrected chi connectivity index (χ3v) is 2.33. The fourth-order valence-corrected chi connectivity index (χ4v) is 1.46. The van der Waals surface area contributed by atoms with Gasteiger partial charge in [0.15, 0.2) is 0 Å². The van der Waals surface area contributed by atoms with Crippen LogP contribution in [0.3, 0.4) is 0 Å². The standard InChI is InChI=1S/C12H10FN3O3/c1-14-12-7-9(4-5-15-12)19-11-6-8(13)2-3-10(11)16(17)18/h2-7H,1H3,(H,14,15). The van der Waals surface area contributed by atoms with Crippen molar-refractivity contribution in [2.45, 2.75) is 0 Å². The molecule has 1 aromatic heterocycles. The number of hydrogen-bond acceptors (Lipinski definition) is 5. The van der Waals surface area contributed by atoms with E-state index >= 15 is 0 Å². The van der Waals surface area contributed by atoms with E-state index in [1.165, 1.54) is 12.3 Å². The molecular weight excluding hydrogens is 253 g/mol. The molecule has 0 unspecified atom stereocenters. The molecule has 0 radical (unpaired) electrons. The van der Waals surface area contributed by atoms with Crippen LogP contribution in [0.1, 0.15) is 0 Å². The lowest BCUT2D eigenvalue weighted by atomic mass is 10.3. The van der Waals surface area contributed by atoms with Crippen LogP contribution < -0.4 is 10.1 Å². The van der Waals surface area contributed by atoms with E-state index in [-0.39, 0.29) is 11.4 Å². The molecule has 0 aliphatic carbocycles. The van der Waals surface area contributed by atoms with E-state index in [1.807, 2.05) is 0 Å². The van der Waals surface area contributed by atoms with E-state index in [0.29, 0.717) is 11.6 Å². The third-order valence-electron chi connectivity index (χ3n) is 2.33. The van der Waals surface area contributed by atoms with E-state index < -0.39 is 10.7 Å². The summed E-state index contributed by atoms with van der Waals surface area (Å²) in [6.45, 7) is 0. The normalized spacial score (nSPS) is 10.0. The average molecular weight is 263 g/mol. The first-order valence-corrected chi connectivity index (χ1v) is 5.36. The number of pyridine rings is 1. The number of ether oxygens (including phenoxy) is 1. The van der Waals surface area contributed by atoms with Crippen LogP contribution in [0.4, 0.5) is 15.9 Å². The minimum Gasteiger partial charge on any atom is -0.450 e. The van der Waals surface area contributed by atoms with Crippen molar-refractivity contribution < 1.29 is 14.1 Å². The SMILES string of the molecule is CNc1cc(Oc2cc(F)ccc2[N+](=O)[O-])ccn1. The minimum atomic E-state index is -0.630. The predicted octanol–water partition coefficient (Wildman–Crippen LogP) is 2.96. The summed E-state index contributed by atoms with van der Waals surface area (Å²) in [7, 11) is 1.68. The smallest absolute Gasteiger partial charge is 0.311 e. The van der Waals surface area contributed by atoms with Crippen LogP contribution >= 0.6 is 0 Å². The van der Waals surface area contributed by atoms with Crippen molar-refractivity contribution in [3.63, 3.8) is 0 Å². The molecule has 2 rings (SSSR count). The molecule has 0 saturated carbocycles. The van der Waals surface area contributed by atoms with E-state index in [1.54, 1.807) is 13.1 Å². The number of nitrogens with one attached hydrogen (secondary N) is 1. The summed E-state index contributed by atoms with van der Waals surface area (Å²) in [6.07, 6.45) is 1.48. The van der Waals surface area contributed by atoms with E-state index in [0.717, 1.165) is 18.2 Å². The average Bonchev–Trinajstić information content (AvgIpc) is 2.38. The number of nitro benzene ring substituents is 1. The maximum atomic E-state index is 13.1. The van der Waals surface area contributed by atoms with Crippen molar-refractivity contribution in [2.24, 2.45) is 0 Å². The Kier molecular flexibility index (Phi) is 3.56. The second-order valence-electron chi connectivity index (χ2n) is 3.60. The summed E-state index contributed by atoms with van der Waals surface area (Å²) in [5.41, 5.74) is -0.302.